The summed E-state index contributed by atoms with van der Waals surface area (Å²) < 4.78 is 18.5. The predicted molar refractivity (Wildman–Crippen MR) is 74.6 cm³/mol. The lowest BCUT2D eigenvalue weighted by Crippen LogP contribution is -2.15. The van der Waals surface area contributed by atoms with Crippen LogP contribution < -0.4 is 15.8 Å². The molecular formula is C13H11ClFN3O2. The van der Waals surface area contributed by atoms with E-state index in [2.05, 4.69) is 10.3 Å². The van der Waals surface area contributed by atoms with Gasteiger partial charge in [0.05, 0.1) is 24.6 Å². The van der Waals surface area contributed by atoms with E-state index in [1.165, 1.54) is 25.6 Å². The molecule has 0 spiro atoms. The molecule has 1 aromatic heterocycles. The van der Waals surface area contributed by atoms with E-state index in [1.807, 2.05) is 0 Å². The molecule has 0 saturated carbocycles. The fourth-order valence-electron chi connectivity index (χ4n) is 1.62. The quantitative estimate of drug-likeness (QED) is 0.854. The summed E-state index contributed by atoms with van der Waals surface area (Å²) in [5.74, 6) is -0.926. The number of methoxy groups -OCH3 is 1. The van der Waals surface area contributed by atoms with Crippen molar-refractivity contribution in [2.75, 3.05) is 18.2 Å². The van der Waals surface area contributed by atoms with Crippen LogP contribution in [0.5, 0.6) is 5.75 Å². The van der Waals surface area contributed by atoms with E-state index in [1.54, 1.807) is 6.07 Å². The molecule has 2 rings (SSSR count). The van der Waals surface area contributed by atoms with Crippen LogP contribution in [0.2, 0.25) is 5.02 Å². The van der Waals surface area contributed by atoms with Gasteiger partial charge >= 0.3 is 0 Å². The number of amides is 1. The minimum Gasteiger partial charge on any atom is -0.494 e. The molecule has 0 aliphatic carbocycles. The van der Waals surface area contributed by atoms with Crippen molar-refractivity contribution in [3.8, 4) is 5.75 Å². The molecule has 0 unspecified atom stereocenters. The first-order chi connectivity index (χ1) is 9.52. The molecule has 1 aromatic carbocycles. The Hall–Kier alpha value is -2.34. The highest BCUT2D eigenvalue weighted by Crippen LogP contribution is 2.26. The van der Waals surface area contributed by atoms with E-state index in [0.29, 0.717) is 11.4 Å². The summed E-state index contributed by atoms with van der Waals surface area (Å²) in [5.41, 5.74) is 5.56. The molecular weight excluding hydrogens is 285 g/mol. The number of hydrogen-bond donors (Lipinski definition) is 2. The molecule has 1 amide bonds. The van der Waals surface area contributed by atoms with Crippen LogP contribution in [-0.2, 0) is 0 Å². The maximum atomic E-state index is 13.5. The molecule has 1 heterocycles. The third-order valence-corrected chi connectivity index (χ3v) is 2.81. The van der Waals surface area contributed by atoms with E-state index in [-0.39, 0.29) is 16.3 Å². The molecule has 0 saturated heterocycles. The Labute approximate surface area is 119 Å². The number of anilines is 2. The standard InChI is InChI=1S/C13H11ClFN3O2/c1-20-11-2-3-17-6-10(11)18-13(19)8-4-7(14)5-9(15)12(8)16/h2-6H,16H2,1H3,(H,18,19). The number of nitrogens with zero attached hydrogens (tertiary/aromatic N) is 1. The number of carbonyl (C=O) groups is 1. The van der Waals surface area contributed by atoms with Gasteiger partial charge in [0.2, 0.25) is 0 Å². The number of nitrogens with two attached hydrogens (primary N) is 1. The number of nitrogens with one attached hydrogen (secondary N) is 1. The zero-order valence-corrected chi connectivity index (χ0v) is 11.2. The molecule has 3 N–H and O–H groups in total. The second kappa shape index (κ2) is 5.75. The average Bonchev–Trinajstić information content (AvgIpc) is 2.43. The number of benzene rings is 1. The first-order valence-electron chi connectivity index (χ1n) is 5.56. The summed E-state index contributed by atoms with van der Waals surface area (Å²) in [6.45, 7) is 0. The largest absolute Gasteiger partial charge is 0.494 e. The summed E-state index contributed by atoms with van der Waals surface area (Å²) >= 11 is 5.72. The molecule has 0 radical (unpaired) electrons. The molecule has 20 heavy (non-hydrogen) atoms. The third-order valence-electron chi connectivity index (χ3n) is 2.59. The SMILES string of the molecule is COc1ccncc1NC(=O)c1cc(Cl)cc(F)c1N. The van der Waals surface area contributed by atoms with Crippen molar-refractivity contribution in [2.24, 2.45) is 0 Å². The molecule has 104 valence electrons. The number of nitrogen functional groups attached to an aromatic ring is 1. The first kappa shape index (κ1) is 14.1. The maximum absolute atomic E-state index is 13.5. The Morgan fingerprint density at radius 1 is 1.50 bits per heavy atom. The van der Waals surface area contributed by atoms with Crippen LogP contribution in [0.1, 0.15) is 10.4 Å². The van der Waals surface area contributed by atoms with Crippen molar-refractivity contribution in [1.29, 1.82) is 0 Å². The van der Waals surface area contributed by atoms with Crippen molar-refractivity contribution in [3.63, 3.8) is 0 Å². The van der Waals surface area contributed by atoms with Gasteiger partial charge in [-0.1, -0.05) is 11.6 Å². The minimum atomic E-state index is -0.749. The van der Waals surface area contributed by atoms with Crippen molar-refractivity contribution < 1.29 is 13.9 Å². The van der Waals surface area contributed by atoms with Crippen molar-refractivity contribution in [1.82, 2.24) is 4.98 Å². The molecule has 2 aromatic rings. The molecule has 0 aliphatic heterocycles. The van der Waals surface area contributed by atoms with Gasteiger partial charge in [0.25, 0.3) is 5.91 Å². The molecule has 0 aliphatic rings. The van der Waals surface area contributed by atoms with Crippen LogP contribution in [0.3, 0.4) is 0 Å². The van der Waals surface area contributed by atoms with Crippen LogP contribution in [0.4, 0.5) is 15.8 Å². The monoisotopic (exact) mass is 295 g/mol. The van der Waals surface area contributed by atoms with Gasteiger partial charge in [-0.3, -0.25) is 9.78 Å². The average molecular weight is 296 g/mol. The Morgan fingerprint density at radius 3 is 2.95 bits per heavy atom. The Kier molecular flexibility index (Phi) is 4.05. The molecule has 0 fully saturated rings. The lowest BCUT2D eigenvalue weighted by Gasteiger charge is -2.11. The number of ether oxygens (including phenoxy) is 1. The van der Waals surface area contributed by atoms with Gasteiger partial charge in [-0.05, 0) is 12.1 Å². The van der Waals surface area contributed by atoms with Gasteiger partial charge in [0.15, 0.2) is 0 Å². The van der Waals surface area contributed by atoms with E-state index in [9.17, 15) is 9.18 Å². The number of carbonyl (C=O) groups excluding carboxylic acids is 1. The van der Waals surface area contributed by atoms with E-state index in [4.69, 9.17) is 22.1 Å². The van der Waals surface area contributed by atoms with Gasteiger partial charge < -0.3 is 15.8 Å². The highest BCUT2D eigenvalue weighted by Gasteiger charge is 2.16. The highest BCUT2D eigenvalue weighted by molar-refractivity contribution is 6.31. The Balaban J connectivity index is 2.33. The number of halogens is 2. The van der Waals surface area contributed by atoms with Crippen LogP contribution >= 0.6 is 11.6 Å². The lowest BCUT2D eigenvalue weighted by atomic mass is 10.1. The Bertz CT molecular complexity index is 664. The van der Waals surface area contributed by atoms with Crippen molar-refractivity contribution >= 4 is 28.9 Å². The topological polar surface area (TPSA) is 77.2 Å². The highest BCUT2D eigenvalue weighted by atomic mass is 35.5. The van der Waals surface area contributed by atoms with Gasteiger partial charge in [-0.15, -0.1) is 0 Å². The fraction of sp³-hybridized carbons (Fsp3) is 0.0769. The number of hydrogen-bond acceptors (Lipinski definition) is 4. The van der Waals surface area contributed by atoms with Crippen LogP contribution in [0.25, 0.3) is 0 Å². The first-order valence-corrected chi connectivity index (χ1v) is 5.94. The molecule has 0 bridgehead atoms. The number of pyridine rings is 1. The van der Waals surface area contributed by atoms with Crippen LogP contribution in [-0.4, -0.2) is 18.0 Å². The zero-order chi connectivity index (χ0) is 14.7. The summed E-state index contributed by atoms with van der Waals surface area (Å²) in [4.78, 5) is 16.0. The van der Waals surface area contributed by atoms with E-state index in [0.717, 1.165) is 6.07 Å². The Morgan fingerprint density at radius 2 is 2.25 bits per heavy atom. The second-order valence-electron chi connectivity index (χ2n) is 3.88. The van der Waals surface area contributed by atoms with Gasteiger partial charge in [0.1, 0.15) is 17.3 Å². The molecule has 5 nitrogen and oxygen atoms in total. The van der Waals surface area contributed by atoms with Crippen molar-refractivity contribution in [3.05, 3.63) is 47.0 Å². The number of rotatable bonds is 3. The van der Waals surface area contributed by atoms with Crippen LogP contribution in [0, 0.1) is 5.82 Å². The van der Waals surface area contributed by atoms with E-state index >= 15 is 0 Å². The molecule has 0 atom stereocenters. The lowest BCUT2D eigenvalue weighted by molar-refractivity contribution is 0.102. The predicted octanol–water partition coefficient (Wildman–Crippen LogP) is 2.72. The van der Waals surface area contributed by atoms with Crippen LogP contribution in [0.15, 0.2) is 30.6 Å². The minimum absolute atomic E-state index is 0.0547. The smallest absolute Gasteiger partial charge is 0.258 e. The fourth-order valence-corrected chi connectivity index (χ4v) is 1.82. The van der Waals surface area contributed by atoms with Gasteiger partial charge in [-0.25, -0.2) is 4.39 Å². The van der Waals surface area contributed by atoms with Gasteiger partial charge in [-0.2, -0.15) is 0 Å². The summed E-state index contributed by atoms with van der Waals surface area (Å²) in [5, 5.41) is 2.62. The van der Waals surface area contributed by atoms with Gasteiger partial charge in [0, 0.05) is 17.3 Å². The second-order valence-corrected chi connectivity index (χ2v) is 4.32. The zero-order valence-electron chi connectivity index (χ0n) is 10.5. The number of aromatic nitrogens is 1. The molecule has 7 heteroatoms. The summed E-state index contributed by atoms with van der Waals surface area (Å²) in [7, 11) is 1.46. The van der Waals surface area contributed by atoms with Crippen molar-refractivity contribution in [2.45, 2.75) is 0 Å². The maximum Gasteiger partial charge on any atom is 0.258 e. The van der Waals surface area contributed by atoms with E-state index < -0.39 is 11.7 Å². The summed E-state index contributed by atoms with van der Waals surface area (Å²) in [6, 6.07) is 3.91. The third kappa shape index (κ3) is 2.80. The normalized spacial score (nSPS) is 10.2. The summed E-state index contributed by atoms with van der Waals surface area (Å²) in [6.07, 6.45) is 2.93.